The first-order valence-electron chi connectivity index (χ1n) is 3.72. The summed E-state index contributed by atoms with van der Waals surface area (Å²) < 4.78 is 0.549. The number of hydrogen-bond acceptors (Lipinski definition) is 4. The average molecular weight is 254 g/mol. The highest BCUT2D eigenvalue weighted by Gasteiger charge is 2.26. The zero-order valence-corrected chi connectivity index (χ0v) is 8.43. The monoisotopic (exact) mass is 253 g/mol. The van der Waals surface area contributed by atoms with Crippen molar-refractivity contribution in [1.29, 1.82) is 0 Å². The summed E-state index contributed by atoms with van der Waals surface area (Å²) in [4.78, 5) is 31.1. The largest absolute Gasteiger partial charge is 0.269 e. The van der Waals surface area contributed by atoms with Crippen molar-refractivity contribution in [2.24, 2.45) is 0 Å². The van der Waals surface area contributed by atoms with Crippen LogP contribution < -0.4 is 4.90 Å². The number of anilines is 1. The molecule has 0 spiro atoms. The van der Waals surface area contributed by atoms with E-state index in [1.807, 2.05) is 0 Å². The molecular formula is C8H4BrN3O2. The summed E-state index contributed by atoms with van der Waals surface area (Å²) in [6.07, 6.45) is 5.18. The molecule has 0 saturated heterocycles. The smallest absolute Gasteiger partial charge is 0.259 e. The minimum absolute atomic E-state index is 0.230. The Labute approximate surface area is 87.6 Å². The van der Waals surface area contributed by atoms with Gasteiger partial charge in [0.05, 0.1) is 12.4 Å². The predicted molar refractivity (Wildman–Crippen MR) is 51.4 cm³/mol. The molecule has 6 heteroatoms. The van der Waals surface area contributed by atoms with Gasteiger partial charge in [-0.25, -0.2) is 14.9 Å². The second kappa shape index (κ2) is 3.30. The second-order valence-electron chi connectivity index (χ2n) is 2.54. The van der Waals surface area contributed by atoms with Crippen LogP contribution in [0.5, 0.6) is 0 Å². The summed E-state index contributed by atoms with van der Waals surface area (Å²) >= 11 is 3.11. The molecule has 0 unspecified atom stereocenters. The van der Waals surface area contributed by atoms with Gasteiger partial charge in [0.25, 0.3) is 11.8 Å². The number of hydrogen-bond donors (Lipinski definition) is 0. The van der Waals surface area contributed by atoms with E-state index in [1.165, 1.54) is 24.5 Å². The maximum atomic E-state index is 11.2. The molecule has 0 N–H and O–H groups in total. The summed E-state index contributed by atoms with van der Waals surface area (Å²) in [6.45, 7) is 0. The molecule has 2 amide bonds. The normalized spacial score (nSPS) is 15.4. The Bertz CT molecular complexity index is 409. The zero-order chi connectivity index (χ0) is 10.1. The molecule has 0 aliphatic carbocycles. The minimum atomic E-state index is -0.397. The Morgan fingerprint density at radius 3 is 2.21 bits per heavy atom. The topological polar surface area (TPSA) is 63.2 Å². The molecule has 1 aromatic rings. The lowest BCUT2D eigenvalue weighted by atomic mass is 10.5. The Morgan fingerprint density at radius 2 is 1.71 bits per heavy atom. The van der Waals surface area contributed by atoms with Gasteiger partial charge < -0.3 is 0 Å². The molecule has 1 aliphatic rings. The molecule has 5 nitrogen and oxygen atoms in total. The Balaban J connectivity index is 2.36. The molecule has 0 aromatic carbocycles. The zero-order valence-electron chi connectivity index (χ0n) is 6.85. The average Bonchev–Trinajstić information content (AvgIpc) is 2.49. The van der Waals surface area contributed by atoms with Gasteiger partial charge in [-0.1, -0.05) is 0 Å². The van der Waals surface area contributed by atoms with Crippen molar-refractivity contribution < 1.29 is 9.59 Å². The number of nitrogens with zero attached hydrogens (tertiary/aromatic N) is 3. The number of halogens is 1. The highest BCUT2D eigenvalue weighted by Crippen LogP contribution is 2.15. The molecule has 70 valence electrons. The fourth-order valence-electron chi connectivity index (χ4n) is 1.05. The molecule has 0 radical (unpaired) electrons. The Morgan fingerprint density at radius 1 is 1.07 bits per heavy atom. The summed E-state index contributed by atoms with van der Waals surface area (Å²) in [5, 5.41) is 0. The van der Waals surface area contributed by atoms with Crippen LogP contribution in [0.25, 0.3) is 0 Å². The molecule has 0 atom stereocenters. The number of amides is 2. The maximum Gasteiger partial charge on any atom is 0.259 e. The number of carbonyl (C=O) groups excluding carboxylic acids is 2. The van der Waals surface area contributed by atoms with E-state index in [9.17, 15) is 9.59 Å². The molecule has 1 aromatic heterocycles. The van der Waals surface area contributed by atoms with Gasteiger partial charge >= 0.3 is 0 Å². The van der Waals surface area contributed by atoms with Crippen LogP contribution in [0.3, 0.4) is 0 Å². The molecular weight excluding hydrogens is 250 g/mol. The van der Waals surface area contributed by atoms with Crippen LogP contribution in [0.2, 0.25) is 0 Å². The molecule has 0 bridgehead atoms. The second-order valence-corrected chi connectivity index (χ2v) is 3.36. The third-order valence-electron chi connectivity index (χ3n) is 1.65. The van der Waals surface area contributed by atoms with Crippen molar-refractivity contribution in [3.05, 3.63) is 29.1 Å². The molecule has 2 heterocycles. The molecule has 14 heavy (non-hydrogen) atoms. The van der Waals surface area contributed by atoms with E-state index in [-0.39, 0.29) is 5.82 Å². The van der Waals surface area contributed by atoms with E-state index in [4.69, 9.17) is 0 Å². The van der Waals surface area contributed by atoms with E-state index in [2.05, 4.69) is 25.9 Å². The first-order valence-corrected chi connectivity index (χ1v) is 4.51. The van der Waals surface area contributed by atoms with E-state index >= 15 is 0 Å². The van der Waals surface area contributed by atoms with Crippen molar-refractivity contribution >= 4 is 33.6 Å². The van der Waals surface area contributed by atoms with Gasteiger partial charge in [-0.05, 0) is 15.9 Å². The first kappa shape index (κ1) is 9.01. The lowest BCUT2D eigenvalue weighted by molar-refractivity contribution is -0.120. The van der Waals surface area contributed by atoms with Crippen molar-refractivity contribution in [3.8, 4) is 0 Å². The summed E-state index contributed by atoms with van der Waals surface area (Å²) in [5.74, 6) is -0.563. The van der Waals surface area contributed by atoms with Crippen molar-refractivity contribution in [3.63, 3.8) is 0 Å². The summed E-state index contributed by atoms with van der Waals surface area (Å²) in [7, 11) is 0. The van der Waals surface area contributed by atoms with Crippen molar-refractivity contribution in [2.75, 3.05) is 4.90 Å². The quantitative estimate of drug-likeness (QED) is 0.691. The van der Waals surface area contributed by atoms with Gasteiger partial charge in [0.2, 0.25) is 0 Å². The van der Waals surface area contributed by atoms with Crippen LogP contribution in [0.15, 0.2) is 29.1 Å². The fraction of sp³-hybridized carbons (Fsp3) is 0. The SMILES string of the molecule is O=C1C=CC(=O)N1c1cnc(Br)cn1. The Hall–Kier alpha value is -1.56. The van der Waals surface area contributed by atoms with Gasteiger partial charge in [-0.15, -0.1) is 0 Å². The van der Waals surface area contributed by atoms with E-state index in [0.29, 0.717) is 4.60 Å². The van der Waals surface area contributed by atoms with Crippen LogP contribution in [0, 0.1) is 0 Å². The van der Waals surface area contributed by atoms with Crippen LogP contribution in [-0.2, 0) is 9.59 Å². The molecule has 0 fully saturated rings. The summed E-state index contributed by atoms with van der Waals surface area (Å²) in [5.41, 5.74) is 0. The molecule has 0 saturated carbocycles. The maximum absolute atomic E-state index is 11.2. The molecule has 2 rings (SSSR count). The standard InChI is InChI=1S/C8H4BrN3O2/c9-5-3-11-6(4-10-5)12-7(13)1-2-8(12)14/h1-4H. The van der Waals surface area contributed by atoms with Gasteiger partial charge in [-0.3, -0.25) is 9.59 Å². The number of imide groups is 1. The predicted octanol–water partition coefficient (Wildman–Crippen LogP) is 0.668. The number of rotatable bonds is 1. The Kier molecular flexibility index (Phi) is 2.12. The third-order valence-corrected chi connectivity index (χ3v) is 2.05. The van der Waals surface area contributed by atoms with Crippen LogP contribution in [0.1, 0.15) is 0 Å². The third kappa shape index (κ3) is 1.44. The minimum Gasteiger partial charge on any atom is -0.269 e. The fourth-order valence-corrected chi connectivity index (χ4v) is 1.25. The highest BCUT2D eigenvalue weighted by molar-refractivity contribution is 9.10. The van der Waals surface area contributed by atoms with Crippen LogP contribution >= 0.6 is 15.9 Å². The summed E-state index contributed by atoms with van der Waals surface area (Å²) in [6, 6.07) is 0. The van der Waals surface area contributed by atoms with Gasteiger partial charge in [0.1, 0.15) is 4.60 Å². The van der Waals surface area contributed by atoms with Crippen LogP contribution in [0.4, 0.5) is 5.82 Å². The van der Waals surface area contributed by atoms with E-state index in [1.54, 1.807) is 0 Å². The van der Waals surface area contributed by atoms with Gasteiger partial charge in [0.15, 0.2) is 5.82 Å². The number of aromatic nitrogens is 2. The van der Waals surface area contributed by atoms with Gasteiger partial charge in [-0.2, -0.15) is 0 Å². The van der Waals surface area contributed by atoms with E-state index < -0.39 is 11.8 Å². The lowest BCUT2D eigenvalue weighted by Gasteiger charge is -2.11. The van der Waals surface area contributed by atoms with E-state index in [0.717, 1.165) is 4.90 Å². The van der Waals surface area contributed by atoms with Crippen molar-refractivity contribution in [1.82, 2.24) is 9.97 Å². The number of carbonyl (C=O) groups is 2. The first-order chi connectivity index (χ1) is 6.68. The van der Waals surface area contributed by atoms with Crippen LogP contribution in [-0.4, -0.2) is 21.8 Å². The molecule has 1 aliphatic heterocycles. The lowest BCUT2D eigenvalue weighted by Crippen LogP contribution is -2.30. The van der Waals surface area contributed by atoms with Gasteiger partial charge in [0, 0.05) is 12.2 Å². The van der Waals surface area contributed by atoms with Crippen molar-refractivity contribution in [2.45, 2.75) is 0 Å². The highest BCUT2D eigenvalue weighted by atomic mass is 79.9.